The molecule has 1 aromatic carbocycles. The van der Waals surface area contributed by atoms with E-state index in [0.29, 0.717) is 5.56 Å². The van der Waals surface area contributed by atoms with E-state index in [1.807, 2.05) is 6.07 Å². The van der Waals surface area contributed by atoms with Crippen molar-refractivity contribution in [2.45, 2.75) is 0 Å². The fourth-order valence-electron chi connectivity index (χ4n) is 1.15. The largest absolute Gasteiger partial charge is 0.465 e. The number of carbonyl (C=O) groups excluding carboxylic acids is 1. The van der Waals surface area contributed by atoms with E-state index >= 15 is 0 Å². The van der Waals surface area contributed by atoms with Gasteiger partial charge in [-0.3, -0.25) is 0 Å². The zero-order chi connectivity index (χ0) is 10.1. The summed E-state index contributed by atoms with van der Waals surface area (Å²) in [5, 5.41) is 0. The topological polar surface area (TPSA) is 39.2 Å². The first-order valence-electron chi connectivity index (χ1n) is 3.83. The molecule has 3 nitrogen and oxygen atoms in total. The number of halogens is 1. The number of hydrogen-bond acceptors (Lipinski definition) is 4. The van der Waals surface area contributed by atoms with Crippen molar-refractivity contribution in [3.8, 4) is 0 Å². The Labute approximate surface area is 92.8 Å². The highest BCUT2D eigenvalue weighted by atomic mass is 79.9. The SMILES string of the molecule is COC(=O)c1cc2ncsc2cc1Br. The number of nitrogens with zero attached hydrogens (tertiary/aromatic N) is 1. The minimum absolute atomic E-state index is 0.355. The van der Waals surface area contributed by atoms with Gasteiger partial charge >= 0.3 is 5.97 Å². The summed E-state index contributed by atoms with van der Waals surface area (Å²) >= 11 is 4.86. The predicted octanol–water partition coefficient (Wildman–Crippen LogP) is 2.85. The van der Waals surface area contributed by atoms with Gasteiger partial charge in [-0.05, 0) is 28.1 Å². The Hall–Kier alpha value is -0.940. The molecule has 2 rings (SSSR count). The van der Waals surface area contributed by atoms with Crippen LogP contribution in [0.5, 0.6) is 0 Å². The van der Waals surface area contributed by atoms with Crippen LogP contribution in [0.25, 0.3) is 10.2 Å². The lowest BCUT2D eigenvalue weighted by Crippen LogP contribution is -2.01. The zero-order valence-corrected chi connectivity index (χ0v) is 9.68. The van der Waals surface area contributed by atoms with Gasteiger partial charge in [0.15, 0.2) is 0 Å². The average Bonchev–Trinajstić information content (AvgIpc) is 2.62. The number of thiazole rings is 1. The molecule has 0 N–H and O–H groups in total. The number of ether oxygens (including phenoxy) is 1. The van der Waals surface area contributed by atoms with Gasteiger partial charge in [-0.2, -0.15) is 0 Å². The van der Waals surface area contributed by atoms with Crippen molar-refractivity contribution in [1.82, 2.24) is 4.98 Å². The fourth-order valence-corrected chi connectivity index (χ4v) is 2.50. The van der Waals surface area contributed by atoms with E-state index in [1.165, 1.54) is 18.4 Å². The highest BCUT2D eigenvalue weighted by molar-refractivity contribution is 9.10. The lowest BCUT2D eigenvalue weighted by molar-refractivity contribution is 0.0600. The molecule has 0 radical (unpaired) electrons. The third kappa shape index (κ3) is 1.53. The first-order valence-corrected chi connectivity index (χ1v) is 5.50. The van der Waals surface area contributed by atoms with Crippen LogP contribution in [0.3, 0.4) is 0 Å². The predicted molar refractivity (Wildman–Crippen MR) is 58.7 cm³/mol. The number of aromatic nitrogens is 1. The van der Waals surface area contributed by atoms with Crippen LogP contribution in [-0.4, -0.2) is 18.1 Å². The van der Waals surface area contributed by atoms with E-state index in [0.717, 1.165) is 14.7 Å². The van der Waals surface area contributed by atoms with Crippen LogP contribution in [0.4, 0.5) is 0 Å². The number of rotatable bonds is 1. The molecule has 2 aromatic rings. The second-order valence-electron chi connectivity index (χ2n) is 2.64. The Morgan fingerprint density at radius 1 is 1.57 bits per heavy atom. The van der Waals surface area contributed by atoms with Crippen molar-refractivity contribution >= 4 is 43.5 Å². The van der Waals surface area contributed by atoms with Crippen molar-refractivity contribution in [2.24, 2.45) is 0 Å². The number of benzene rings is 1. The van der Waals surface area contributed by atoms with Crippen LogP contribution in [0.2, 0.25) is 0 Å². The average molecular weight is 272 g/mol. The monoisotopic (exact) mass is 271 g/mol. The maximum Gasteiger partial charge on any atom is 0.339 e. The van der Waals surface area contributed by atoms with Crippen LogP contribution in [-0.2, 0) is 4.74 Å². The Morgan fingerprint density at radius 2 is 2.36 bits per heavy atom. The highest BCUT2D eigenvalue weighted by Crippen LogP contribution is 2.26. The first kappa shape index (κ1) is 9.61. The van der Waals surface area contributed by atoms with E-state index in [1.54, 1.807) is 11.6 Å². The van der Waals surface area contributed by atoms with Crippen molar-refractivity contribution in [2.75, 3.05) is 7.11 Å². The van der Waals surface area contributed by atoms with Crippen LogP contribution in [0, 0.1) is 0 Å². The quantitative estimate of drug-likeness (QED) is 0.749. The molecule has 0 aliphatic heterocycles. The summed E-state index contributed by atoms with van der Waals surface area (Å²) in [5.41, 5.74) is 3.07. The Bertz CT molecular complexity index is 495. The van der Waals surface area contributed by atoms with E-state index in [4.69, 9.17) is 0 Å². The van der Waals surface area contributed by atoms with Gasteiger partial charge in [0.25, 0.3) is 0 Å². The van der Waals surface area contributed by atoms with E-state index in [-0.39, 0.29) is 5.97 Å². The molecule has 0 atom stereocenters. The number of esters is 1. The third-order valence-corrected chi connectivity index (χ3v) is 3.27. The Morgan fingerprint density at radius 3 is 3.07 bits per heavy atom. The number of methoxy groups -OCH3 is 1. The van der Waals surface area contributed by atoms with Gasteiger partial charge in [-0.15, -0.1) is 11.3 Å². The molecule has 0 unspecified atom stereocenters. The summed E-state index contributed by atoms with van der Waals surface area (Å²) < 4.78 is 6.43. The smallest absolute Gasteiger partial charge is 0.339 e. The van der Waals surface area contributed by atoms with Gasteiger partial charge in [-0.25, -0.2) is 9.78 Å². The number of fused-ring (bicyclic) bond motifs is 1. The van der Waals surface area contributed by atoms with Gasteiger partial charge in [0.05, 0.1) is 28.4 Å². The summed E-state index contributed by atoms with van der Waals surface area (Å²) in [4.78, 5) is 15.5. The lowest BCUT2D eigenvalue weighted by Gasteiger charge is -2.01. The molecule has 1 aromatic heterocycles. The van der Waals surface area contributed by atoms with Gasteiger partial charge in [-0.1, -0.05) is 0 Å². The molecule has 0 spiro atoms. The van der Waals surface area contributed by atoms with E-state index in [2.05, 4.69) is 25.7 Å². The number of carbonyl (C=O) groups is 1. The summed E-state index contributed by atoms with van der Waals surface area (Å²) in [7, 11) is 1.36. The van der Waals surface area contributed by atoms with Gasteiger partial charge in [0.1, 0.15) is 0 Å². The van der Waals surface area contributed by atoms with E-state index in [9.17, 15) is 4.79 Å². The molecule has 14 heavy (non-hydrogen) atoms. The van der Waals surface area contributed by atoms with Crippen LogP contribution >= 0.6 is 27.3 Å². The van der Waals surface area contributed by atoms with Crippen LogP contribution in [0.1, 0.15) is 10.4 Å². The van der Waals surface area contributed by atoms with Crippen molar-refractivity contribution < 1.29 is 9.53 Å². The van der Waals surface area contributed by atoms with E-state index < -0.39 is 0 Å². The highest BCUT2D eigenvalue weighted by Gasteiger charge is 2.12. The first-order chi connectivity index (χ1) is 6.72. The molecule has 5 heteroatoms. The standard InChI is InChI=1S/C9H6BrNO2S/c1-13-9(12)5-2-7-8(3-6(5)10)14-4-11-7/h2-4H,1H3. The molecule has 0 saturated heterocycles. The normalized spacial score (nSPS) is 10.4. The summed E-state index contributed by atoms with van der Waals surface area (Å²) in [6.45, 7) is 0. The Kier molecular flexibility index (Phi) is 2.52. The van der Waals surface area contributed by atoms with Crippen molar-refractivity contribution in [3.05, 3.63) is 27.7 Å². The molecule has 0 aliphatic carbocycles. The molecule has 0 aliphatic rings. The third-order valence-electron chi connectivity index (χ3n) is 1.83. The molecule has 1 heterocycles. The summed E-state index contributed by atoms with van der Waals surface area (Å²) in [5.74, 6) is -0.355. The van der Waals surface area contributed by atoms with Crippen LogP contribution in [0.15, 0.2) is 22.1 Å². The molecule has 0 amide bonds. The van der Waals surface area contributed by atoms with Gasteiger partial charge in [0.2, 0.25) is 0 Å². The minimum atomic E-state index is -0.355. The number of hydrogen-bond donors (Lipinski definition) is 0. The second-order valence-corrected chi connectivity index (χ2v) is 4.38. The second kappa shape index (κ2) is 3.67. The van der Waals surface area contributed by atoms with Gasteiger partial charge in [0, 0.05) is 4.47 Å². The molecule has 72 valence electrons. The lowest BCUT2D eigenvalue weighted by atomic mass is 10.2. The molecule has 0 fully saturated rings. The summed E-state index contributed by atoms with van der Waals surface area (Å²) in [6.07, 6.45) is 0. The van der Waals surface area contributed by atoms with Crippen molar-refractivity contribution in [1.29, 1.82) is 0 Å². The molecule has 0 bridgehead atoms. The molecular weight excluding hydrogens is 266 g/mol. The van der Waals surface area contributed by atoms with Crippen molar-refractivity contribution in [3.63, 3.8) is 0 Å². The molecular formula is C9H6BrNO2S. The van der Waals surface area contributed by atoms with Gasteiger partial charge < -0.3 is 4.74 Å². The summed E-state index contributed by atoms with van der Waals surface area (Å²) in [6, 6.07) is 3.60. The minimum Gasteiger partial charge on any atom is -0.465 e. The molecule has 0 saturated carbocycles. The van der Waals surface area contributed by atoms with Crippen LogP contribution < -0.4 is 0 Å². The maximum absolute atomic E-state index is 11.3. The maximum atomic E-state index is 11.3. The Balaban J connectivity index is 2.64. The fraction of sp³-hybridized carbons (Fsp3) is 0.111. The zero-order valence-electron chi connectivity index (χ0n) is 7.28.